The van der Waals surface area contributed by atoms with E-state index in [-0.39, 0.29) is 12.0 Å². The number of halogens is 1. The van der Waals surface area contributed by atoms with Crippen molar-refractivity contribution in [3.05, 3.63) is 52.0 Å². The van der Waals surface area contributed by atoms with Crippen molar-refractivity contribution >= 4 is 28.1 Å². The lowest BCUT2D eigenvalue weighted by Crippen LogP contribution is -2.18. The number of ether oxygens (including phenoxy) is 3. The Labute approximate surface area is 161 Å². The van der Waals surface area contributed by atoms with E-state index in [0.717, 1.165) is 4.47 Å². The van der Waals surface area contributed by atoms with Crippen molar-refractivity contribution in [3.8, 4) is 17.2 Å². The van der Waals surface area contributed by atoms with Gasteiger partial charge in [0.2, 0.25) is 0 Å². The number of hydrogen-bond donors (Lipinski definition) is 1. The number of hydrogen-bond acceptors (Lipinski definition) is 5. The number of carbonyl (C=O) groups is 1. The van der Waals surface area contributed by atoms with Crippen LogP contribution >= 0.6 is 15.9 Å². The number of nitrogens with one attached hydrogen (secondary N) is 1. The molecule has 1 N–H and O–H groups in total. The summed E-state index contributed by atoms with van der Waals surface area (Å²) in [5.41, 5.74) is 3.57. The molecule has 7 heteroatoms. The fourth-order valence-electron chi connectivity index (χ4n) is 2.24. The van der Waals surface area contributed by atoms with E-state index >= 15 is 0 Å². The maximum Gasteiger partial charge on any atom is 0.275 e. The maximum atomic E-state index is 12.4. The van der Waals surface area contributed by atoms with E-state index in [1.807, 2.05) is 26.0 Å². The molecule has 2 aromatic carbocycles. The average molecular weight is 421 g/mol. The van der Waals surface area contributed by atoms with Crippen molar-refractivity contribution in [1.82, 2.24) is 5.43 Å². The van der Waals surface area contributed by atoms with Crippen LogP contribution in [0.1, 0.15) is 29.8 Å². The van der Waals surface area contributed by atoms with Crippen molar-refractivity contribution in [2.24, 2.45) is 5.10 Å². The number of amides is 1. The molecule has 1 amide bonds. The summed E-state index contributed by atoms with van der Waals surface area (Å²) >= 11 is 3.34. The SMILES string of the molecule is COc1ccc(Br)cc1C(=O)N/N=C\c1cccc(OC)c1OC(C)C. The normalized spacial score (nSPS) is 10.8. The minimum Gasteiger partial charge on any atom is -0.496 e. The van der Waals surface area contributed by atoms with Crippen molar-refractivity contribution in [2.75, 3.05) is 14.2 Å². The predicted molar refractivity (Wildman–Crippen MR) is 105 cm³/mol. The number of para-hydroxylation sites is 1. The molecule has 0 unspecified atom stereocenters. The first kappa shape index (κ1) is 19.8. The quantitative estimate of drug-likeness (QED) is 0.542. The smallest absolute Gasteiger partial charge is 0.275 e. The van der Waals surface area contributed by atoms with Crippen LogP contribution in [0.15, 0.2) is 46.0 Å². The van der Waals surface area contributed by atoms with Gasteiger partial charge in [-0.2, -0.15) is 5.10 Å². The van der Waals surface area contributed by atoms with Crippen LogP contribution in [0.3, 0.4) is 0 Å². The Hall–Kier alpha value is -2.54. The van der Waals surface area contributed by atoms with Gasteiger partial charge in [-0.05, 0) is 44.2 Å². The van der Waals surface area contributed by atoms with Gasteiger partial charge >= 0.3 is 0 Å². The first-order valence-electron chi connectivity index (χ1n) is 7.96. The van der Waals surface area contributed by atoms with E-state index in [1.54, 1.807) is 31.4 Å². The molecule has 0 saturated carbocycles. The minimum absolute atomic E-state index is 0.0287. The number of rotatable bonds is 7. The topological polar surface area (TPSA) is 69.2 Å². The Balaban J connectivity index is 2.21. The van der Waals surface area contributed by atoms with Crippen LogP contribution in [0.25, 0.3) is 0 Å². The number of hydrazone groups is 1. The van der Waals surface area contributed by atoms with Gasteiger partial charge in [-0.15, -0.1) is 0 Å². The predicted octanol–water partition coefficient (Wildman–Crippen LogP) is 4.02. The summed E-state index contributed by atoms with van der Waals surface area (Å²) in [6, 6.07) is 10.6. The number of nitrogens with zero attached hydrogens (tertiary/aromatic N) is 1. The molecular weight excluding hydrogens is 400 g/mol. The highest BCUT2D eigenvalue weighted by Crippen LogP contribution is 2.31. The summed E-state index contributed by atoms with van der Waals surface area (Å²) in [4.78, 5) is 12.4. The maximum absolute atomic E-state index is 12.4. The van der Waals surface area contributed by atoms with E-state index in [9.17, 15) is 4.79 Å². The van der Waals surface area contributed by atoms with Gasteiger partial charge in [-0.1, -0.05) is 22.0 Å². The van der Waals surface area contributed by atoms with Crippen LogP contribution in [0.5, 0.6) is 17.2 Å². The van der Waals surface area contributed by atoms with Gasteiger partial charge in [-0.3, -0.25) is 4.79 Å². The van der Waals surface area contributed by atoms with Gasteiger partial charge < -0.3 is 14.2 Å². The third-order valence-corrected chi connectivity index (χ3v) is 3.85. The van der Waals surface area contributed by atoms with E-state index < -0.39 is 0 Å². The number of benzene rings is 2. The molecule has 0 aliphatic carbocycles. The Bertz CT molecular complexity index is 806. The highest BCUT2D eigenvalue weighted by atomic mass is 79.9. The molecule has 138 valence electrons. The van der Waals surface area contributed by atoms with Crippen molar-refractivity contribution in [3.63, 3.8) is 0 Å². The van der Waals surface area contributed by atoms with Gasteiger partial charge in [0.05, 0.1) is 32.1 Å². The zero-order valence-electron chi connectivity index (χ0n) is 15.1. The van der Waals surface area contributed by atoms with Crippen molar-refractivity contribution < 1.29 is 19.0 Å². The van der Waals surface area contributed by atoms with Crippen LogP contribution < -0.4 is 19.6 Å². The van der Waals surface area contributed by atoms with Crippen molar-refractivity contribution in [2.45, 2.75) is 20.0 Å². The average Bonchev–Trinajstić information content (AvgIpc) is 2.62. The summed E-state index contributed by atoms with van der Waals surface area (Å²) in [5, 5.41) is 4.04. The summed E-state index contributed by atoms with van der Waals surface area (Å²) in [6.07, 6.45) is 1.49. The van der Waals surface area contributed by atoms with Crippen molar-refractivity contribution in [1.29, 1.82) is 0 Å². The molecule has 0 atom stereocenters. The molecule has 0 aliphatic heterocycles. The van der Waals surface area contributed by atoms with Crippen LogP contribution in [-0.4, -0.2) is 32.4 Å². The molecule has 0 radical (unpaired) electrons. The Kier molecular flexibility index (Phi) is 7.03. The summed E-state index contributed by atoms with van der Waals surface area (Å²) in [6.45, 7) is 3.85. The first-order valence-corrected chi connectivity index (χ1v) is 8.76. The van der Waals surface area contributed by atoms with Crippen LogP contribution in [-0.2, 0) is 0 Å². The molecule has 0 aromatic heterocycles. The lowest BCUT2D eigenvalue weighted by molar-refractivity contribution is 0.0952. The molecule has 0 saturated heterocycles. The van der Waals surface area contributed by atoms with Crippen LogP contribution in [0.2, 0.25) is 0 Å². The lowest BCUT2D eigenvalue weighted by atomic mass is 10.2. The highest BCUT2D eigenvalue weighted by molar-refractivity contribution is 9.10. The first-order chi connectivity index (χ1) is 12.5. The van der Waals surface area contributed by atoms with Gasteiger partial charge in [0.1, 0.15) is 5.75 Å². The molecule has 0 spiro atoms. The molecule has 26 heavy (non-hydrogen) atoms. The molecule has 2 rings (SSSR count). The van der Waals surface area contributed by atoms with E-state index in [2.05, 4.69) is 26.5 Å². The second-order valence-corrected chi connectivity index (χ2v) is 6.50. The van der Waals surface area contributed by atoms with Gasteiger partial charge in [0.25, 0.3) is 5.91 Å². The third kappa shape index (κ3) is 4.98. The Morgan fingerprint density at radius 2 is 1.88 bits per heavy atom. The molecule has 0 fully saturated rings. The van der Waals surface area contributed by atoms with Crippen LogP contribution in [0, 0.1) is 0 Å². The van der Waals surface area contributed by atoms with E-state index in [0.29, 0.717) is 28.4 Å². The van der Waals surface area contributed by atoms with Gasteiger partial charge in [0, 0.05) is 10.0 Å². The van der Waals surface area contributed by atoms with Crippen LogP contribution in [0.4, 0.5) is 0 Å². The second kappa shape index (κ2) is 9.24. The summed E-state index contributed by atoms with van der Waals surface area (Å²) < 4.78 is 17.1. The zero-order chi connectivity index (χ0) is 19.1. The minimum atomic E-state index is -0.381. The molecule has 6 nitrogen and oxygen atoms in total. The molecule has 0 bridgehead atoms. The number of methoxy groups -OCH3 is 2. The van der Waals surface area contributed by atoms with E-state index in [4.69, 9.17) is 14.2 Å². The second-order valence-electron chi connectivity index (χ2n) is 5.59. The molecule has 0 heterocycles. The molecule has 2 aromatic rings. The van der Waals surface area contributed by atoms with E-state index in [1.165, 1.54) is 13.3 Å². The van der Waals surface area contributed by atoms with Gasteiger partial charge in [-0.25, -0.2) is 5.43 Å². The Morgan fingerprint density at radius 1 is 1.15 bits per heavy atom. The summed E-state index contributed by atoms with van der Waals surface area (Å²) in [7, 11) is 3.08. The molecule has 0 aliphatic rings. The lowest BCUT2D eigenvalue weighted by Gasteiger charge is -2.15. The Morgan fingerprint density at radius 3 is 2.54 bits per heavy atom. The third-order valence-electron chi connectivity index (χ3n) is 3.36. The standard InChI is InChI=1S/C19H21BrN2O4/c1-12(2)26-18-13(6-5-7-17(18)25-4)11-21-22-19(23)15-10-14(20)8-9-16(15)24-3/h5-12H,1-4H3,(H,22,23)/b21-11-. The fraction of sp³-hybridized carbons (Fsp3) is 0.263. The fourth-order valence-corrected chi connectivity index (χ4v) is 2.60. The van der Waals surface area contributed by atoms with Gasteiger partial charge in [0.15, 0.2) is 11.5 Å². The zero-order valence-corrected chi connectivity index (χ0v) is 16.7. The number of carbonyl (C=O) groups excluding carboxylic acids is 1. The monoisotopic (exact) mass is 420 g/mol. The largest absolute Gasteiger partial charge is 0.496 e. The molecular formula is C19H21BrN2O4. The highest BCUT2D eigenvalue weighted by Gasteiger charge is 2.13. The summed E-state index contributed by atoms with van der Waals surface area (Å²) in [5.74, 6) is 1.26.